The topological polar surface area (TPSA) is 81.7 Å². The summed E-state index contributed by atoms with van der Waals surface area (Å²) in [6.45, 7) is 0.450. The standard InChI is InChI=1S/C17H17NO5S/c1-22-17(19)12-6-8-13(9-7-12)24(20,21)18-15-10-11-23-16-5-3-2-4-14(15)16/h2-9,15,18H,10-11H2,1H3. The third kappa shape index (κ3) is 3.27. The number of methoxy groups -OCH3 is 1. The molecular weight excluding hydrogens is 330 g/mol. The summed E-state index contributed by atoms with van der Waals surface area (Å²) in [7, 11) is -2.43. The second-order valence-electron chi connectivity index (χ2n) is 5.36. The average molecular weight is 347 g/mol. The first-order chi connectivity index (χ1) is 11.5. The summed E-state index contributed by atoms with van der Waals surface area (Å²) in [4.78, 5) is 11.5. The molecule has 0 saturated carbocycles. The van der Waals surface area contributed by atoms with Gasteiger partial charge in [0, 0.05) is 12.0 Å². The van der Waals surface area contributed by atoms with Crippen molar-refractivity contribution < 1.29 is 22.7 Å². The van der Waals surface area contributed by atoms with Crippen molar-refractivity contribution in [3.8, 4) is 5.75 Å². The van der Waals surface area contributed by atoms with Crippen LogP contribution < -0.4 is 9.46 Å². The Morgan fingerprint density at radius 1 is 1.17 bits per heavy atom. The van der Waals surface area contributed by atoms with E-state index < -0.39 is 16.0 Å². The number of sulfonamides is 1. The zero-order chi connectivity index (χ0) is 17.2. The second-order valence-corrected chi connectivity index (χ2v) is 7.08. The van der Waals surface area contributed by atoms with Crippen LogP contribution in [0.2, 0.25) is 0 Å². The third-order valence-corrected chi connectivity index (χ3v) is 5.33. The fraction of sp³-hybridized carbons (Fsp3) is 0.235. The molecule has 6 nitrogen and oxygen atoms in total. The van der Waals surface area contributed by atoms with E-state index in [0.717, 1.165) is 5.56 Å². The van der Waals surface area contributed by atoms with E-state index in [2.05, 4.69) is 9.46 Å². The minimum atomic E-state index is -3.71. The smallest absolute Gasteiger partial charge is 0.337 e. The van der Waals surface area contributed by atoms with Crippen LogP contribution in [-0.2, 0) is 14.8 Å². The van der Waals surface area contributed by atoms with Gasteiger partial charge < -0.3 is 9.47 Å². The van der Waals surface area contributed by atoms with Crippen molar-refractivity contribution in [1.29, 1.82) is 0 Å². The summed E-state index contributed by atoms with van der Waals surface area (Å²) in [6, 6.07) is 12.7. The average Bonchev–Trinajstić information content (AvgIpc) is 2.61. The minimum absolute atomic E-state index is 0.0964. The predicted octanol–water partition coefficient (Wildman–Crippen LogP) is 2.28. The van der Waals surface area contributed by atoms with Crippen molar-refractivity contribution >= 4 is 16.0 Å². The van der Waals surface area contributed by atoms with E-state index in [1.807, 2.05) is 24.3 Å². The Bertz CT molecular complexity index is 846. The van der Waals surface area contributed by atoms with Gasteiger partial charge in [0.05, 0.1) is 30.2 Å². The lowest BCUT2D eigenvalue weighted by molar-refractivity contribution is 0.0600. The maximum Gasteiger partial charge on any atom is 0.337 e. The monoisotopic (exact) mass is 347 g/mol. The van der Waals surface area contributed by atoms with Crippen LogP contribution in [0.5, 0.6) is 5.75 Å². The van der Waals surface area contributed by atoms with E-state index in [0.29, 0.717) is 24.3 Å². The van der Waals surface area contributed by atoms with Crippen LogP contribution in [0.25, 0.3) is 0 Å². The Morgan fingerprint density at radius 3 is 2.58 bits per heavy atom. The summed E-state index contributed by atoms with van der Waals surface area (Å²) >= 11 is 0. The van der Waals surface area contributed by atoms with Crippen LogP contribution >= 0.6 is 0 Å². The van der Waals surface area contributed by atoms with E-state index in [-0.39, 0.29) is 10.9 Å². The van der Waals surface area contributed by atoms with E-state index >= 15 is 0 Å². The van der Waals surface area contributed by atoms with Crippen molar-refractivity contribution in [2.24, 2.45) is 0 Å². The Kier molecular flexibility index (Phi) is 4.55. The molecule has 0 saturated heterocycles. The number of hydrogen-bond acceptors (Lipinski definition) is 5. The molecule has 0 fully saturated rings. The molecule has 126 valence electrons. The number of rotatable bonds is 4. The van der Waals surface area contributed by atoms with Gasteiger partial charge in [0.2, 0.25) is 10.0 Å². The molecule has 3 rings (SSSR count). The van der Waals surface area contributed by atoms with Gasteiger partial charge in [0.15, 0.2) is 0 Å². The van der Waals surface area contributed by atoms with Crippen molar-refractivity contribution in [2.75, 3.05) is 13.7 Å². The molecule has 1 atom stereocenters. The number of fused-ring (bicyclic) bond motifs is 1. The molecule has 0 aliphatic carbocycles. The van der Waals surface area contributed by atoms with Gasteiger partial charge >= 0.3 is 5.97 Å². The van der Waals surface area contributed by atoms with E-state index in [4.69, 9.17) is 4.74 Å². The lowest BCUT2D eigenvalue weighted by atomic mass is 10.0. The first-order valence-corrected chi connectivity index (χ1v) is 8.92. The zero-order valence-corrected chi connectivity index (χ0v) is 13.9. The molecule has 0 radical (unpaired) electrons. The molecule has 0 amide bonds. The van der Waals surface area contributed by atoms with Crippen LogP contribution in [0, 0.1) is 0 Å². The summed E-state index contributed by atoms with van der Waals surface area (Å²) in [5.41, 5.74) is 1.12. The van der Waals surface area contributed by atoms with Gasteiger partial charge in [-0.3, -0.25) is 0 Å². The van der Waals surface area contributed by atoms with Gasteiger partial charge in [-0.25, -0.2) is 17.9 Å². The maximum absolute atomic E-state index is 12.6. The number of esters is 1. The Balaban J connectivity index is 1.83. The Hall–Kier alpha value is -2.38. The number of carbonyl (C=O) groups excluding carboxylic acids is 1. The Labute approximate surface area is 140 Å². The second kappa shape index (κ2) is 6.62. The van der Waals surface area contributed by atoms with Crippen LogP contribution in [0.3, 0.4) is 0 Å². The van der Waals surface area contributed by atoms with Gasteiger partial charge in [-0.2, -0.15) is 0 Å². The summed E-state index contributed by atoms with van der Waals surface area (Å²) < 4.78 is 38.0. The summed E-state index contributed by atoms with van der Waals surface area (Å²) in [6.07, 6.45) is 0.552. The highest BCUT2D eigenvalue weighted by molar-refractivity contribution is 7.89. The van der Waals surface area contributed by atoms with Crippen LogP contribution in [0.1, 0.15) is 28.4 Å². The molecule has 1 heterocycles. The molecule has 0 spiro atoms. The number of para-hydroxylation sites is 1. The van der Waals surface area contributed by atoms with Gasteiger partial charge in [0.25, 0.3) is 0 Å². The normalized spacial score (nSPS) is 16.8. The van der Waals surface area contributed by atoms with E-state index in [1.54, 1.807) is 0 Å². The van der Waals surface area contributed by atoms with Crippen molar-refractivity contribution in [3.63, 3.8) is 0 Å². The number of carbonyl (C=O) groups is 1. The maximum atomic E-state index is 12.6. The lowest BCUT2D eigenvalue weighted by Gasteiger charge is -2.26. The highest BCUT2D eigenvalue weighted by atomic mass is 32.2. The molecule has 1 aliphatic heterocycles. The third-order valence-electron chi connectivity index (χ3n) is 3.84. The van der Waals surface area contributed by atoms with Gasteiger partial charge in [0.1, 0.15) is 5.75 Å². The van der Waals surface area contributed by atoms with Gasteiger partial charge in [-0.1, -0.05) is 18.2 Å². The quantitative estimate of drug-likeness (QED) is 0.858. The Morgan fingerprint density at radius 2 is 1.88 bits per heavy atom. The van der Waals surface area contributed by atoms with E-state index in [1.165, 1.54) is 31.4 Å². The fourth-order valence-electron chi connectivity index (χ4n) is 2.61. The minimum Gasteiger partial charge on any atom is -0.493 e. The molecular formula is C17H17NO5S. The fourth-order valence-corrected chi connectivity index (χ4v) is 3.86. The summed E-state index contributed by atoms with van der Waals surface area (Å²) in [5, 5.41) is 0. The first-order valence-electron chi connectivity index (χ1n) is 7.44. The number of ether oxygens (including phenoxy) is 2. The molecule has 24 heavy (non-hydrogen) atoms. The highest BCUT2D eigenvalue weighted by Crippen LogP contribution is 2.32. The first kappa shape index (κ1) is 16.5. The molecule has 1 unspecified atom stereocenters. The zero-order valence-electron chi connectivity index (χ0n) is 13.1. The van der Waals surface area contributed by atoms with Gasteiger partial charge in [-0.05, 0) is 30.3 Å². The number of nitrogens with one attached hydrogen (secondary N) is 1. The predicted molar refractivity (Wildman–Crippen MR) is 87.4 cm³/mol. The van der Waals surface area contributed by atoms with Crippen molar-refractivity contribution in [2.45, 2.75) is 17.4 Å². The molecule has 1 aliphatic rings. The molecule has 0 bridgehead atoms. The van der Waals surface area contributed by atoms with Crippen LogP contribution in [0.4, 0.5) is 0 Å². The SMILES string of the molecule is COC(=O)c1ccc(S(=O)(=O)NC2CCOc3ccccc32)cc1. The molecule has 7 heteroatoms. The molecule has 2 aromatic rings. The highest BCUT2D eigenvalue weighted by Gasteiger charge is 2.26. The van der Waals surface area contributed by atoms with Crippen LogP contribution in [0.15, 0.2) is 53.4 Å². The molecule has 2 aromatic carbocycles. The molecule has 1 N–H and O–H groups in total. The summed E-state index contributed by atoms with van der Waals surface area (Å²) in [5.74, 6) is 0.183. The molecule has 0 aromatic heterocycles. The lowest BCUT2D eigenvalue weighted by Crippen LogP contribution is -2.32. The van der Waals surface area contributed by atoms with Gasteiger partial charge in [-0.15, -0.1) is 0 Å². The van der Waals surface area contributed by atoms with E-state index in [9.17, 15) is 13.2 Å². The van der Waals surface area contributed by atoms with Crippen molar-refractivity contribution in [3.05, 3.63) is 59.7 Å². The number of hydrogen-bond donors (Lipinski definition) is 1. The number of benzene rings is 2. The van der Waals surface area contributed by atoms with Crippen molar-refractivity contribution in [1.82, 2.24) is 4.72 Å². The van der Waals surface area contributed by atoms with Crippen LogP contribution in [-0.4, -0.2) is 28.1 Å². The largest absolute Gasteiger partial charge is 0.493 e.